The van der Waals surface area contributed by atoms with E-state index < -0.39 is 0 Å². The number of aromatic nitrogens is 2. The zero-order chi connectivity index (χ0) is 25.1. The molecule has 0 spiro atoms. The van der Waals surface area contributed by atoms with E-state index in [0.29, 0.717) is 18.1 Å². The van der Waals surface area contributed by atoms with E-state index in [-0.39, 0.29) is 18.0 Å². The number of carbonyl (C=O) groups excluding carboxylic acids is 1. The Kier molecular flexibility index (Phi) is 7.16. The predicted octanol–water partition coefficient (Wildman–Crippen LogP) is 5.94. The second-order valence-electron chi connectivity index (χ2n) is 8.71. The van der Waals surface area contributed by atoms with Crippen LogP contribution in [0.1, 0.15) is 35.5 Å². The summed E-state index contributed by atoms with van der Waals surface area (Å²) < 4.78 is 3.19. The van der Waals surface area contributed by atoms with Crippen molar-refractivity contribution in [2.24, 2.45) is 0 Å². The van der Waals surface area contributed by atoms with Crippen LogP contribution in [0.2, 0.25) is 0 Å². The van der Waals surface area contributed by atoms with Gasteiger partial charge < -0.3 is 20.1 Å². The fourth-order valence-corrected chi connectivity index (χ4v) is 5.18. The van der Waals surface area contributed by atoms with Crippen molar-refractivity contribution in [1.29, 1.82) is 0 Å². The lowest BCUT2D eigenvalue weighted by molar-refractivity contribution is -0.116. The number of nitrogens with one attached hydrogen (secondary N) is 2. The molecule has 0 saturated carbocycles. The summed E-state index contributed by atoms with van der Waals surface area (Å²) in [7, 11) is 0. The Bertz CT molecular complexity index is 1370. The van der Waals surface area contributed by atoms with Crippen molar-refractivity contribution in [2.75, 3.05) is 11.9 Å². The number of thiocarbonyl (C=S) groups is 1. The van der Waals surface area contributed by atoms with Crippen LogP contribution in [0.4, 0.5) is 5.69 Å². The molecule has 6 nitrogen and oxygen atoms in total. The van der Waals surface area contributed by atoms with Crippen molar-refractivity contribution in [3.05, 3.63) is 113 Å². The van der Waals surface area contributed by atoms with E-state index in [9.17, 15) is 4.79 Å². The normalized spacial score (nSPS) is 17.2. The van der Waals surface area contributed by atoms with Crippen LogP contribution in [0, 0.1) is 6.92 Å². The van der Waals surface area contributed by atoms with E-state index in [1.807, 2.05) is 67.6 Å². The van der Waals surface area contributed by atoms with Gasteiger partial charge in [-0.2, -0.15) is 0 Å². The number of carbonyl (C=O) groups is 1. The number of aryl methyl sites for hydroxylation is 1. The molecule has 0 unspecified atom stereocenters. The van der Waals surface area contributed by atoms with Crippen LogP contribution in [0.5, 0.6) is 0 Å². The molecule has 1 amide bonds. The van der Waals surface area contributed by atoms with E-state index in [1.54, 1.807) is 6.20 Å². The number of rotatable bonds is 7. The number of benzene rings is 2. The number of nitrogens with zero attached hydrogens (tertiary/aromatic N) is 3. The average molecular weight is 561 g/mol. The molecule has 2 aromatic carbocycles. The molecule has 1 aliphatic rings. The highest BCUT2D eigenvalue weighted by atomic mass is 79.9. The minimum absolute atomic E-state index is 0.0459. The van der Waals surface area contributed by atoms with Gasteiger partial charge in [-0.1, -0.05) is 40.2 Å². The number of para-hydroxylation sites is 1. The quantitative estimate of drug-likeness (QED) is 0.274. The number of pyridine rings is 1. The van der Waals surface area contributed by atoms with Crippen LogP contribution in [0.3, 0.4) is 0 Å². The minimum Gasteiger partial charge on any atom is -0.352 e. The molecule has 2 aromatic heterocycles. The van der Waals surface area contributed by atoms with Gasteiger partial charge in [0.1, 0.15) is 0 Å². The summed E-state index contributed by atoms with van der Waals surface area (Å²) in [5.74, 6) is -0.0459. The van der Waals surface area contributed by atoms with Gasteiger partial charge in [0, 0.05) is 46.9 Å². The van der Waals surface area contributed by atoms with Gasteiger partial charge in [0.25, 0.3) is 0 Å². The second kappa shape index (κ2) is 10.6. The van der Waals surface area contributed by atoms with Gasteiger partial charge >= 0.3 is 0 Å². The maximum absolute atomic E-state index is 12.9. The van der Waals surface area contributed by atoms with Crippen LogP contribution < -0.4 is 10.6 Å². The summed E-state index contributed by atoms with van der Waals surface area (Å²) >= 11 is 9.31. The maximum atomic E-state index is 12.9. The zero-order valence-corrected chi connectivity index (χ0v) is 22.2. The highest BCUT2D eigenvalue weighted by molar-refractivity contribution is 9.10. The highest BCUT2D eigenvalue weighted by Crippen LogP contribution is 2.39. The maximum Gasteiger partial charge on any atom is 0.226 e. The molecule has 2 atom stereocenters. The molecule has 5 rings (SSSR count). The third kappa shape index (κ3) is 5.05. The Morgan fingerprint density at radius 2 is 1.83 bits per heavy atom. The van der Waals surface area contributed by atoms with Crippen LogP contribution in [-0.4, -0.2) is 32.0 Å². The first-order valence-electron chi connectivity index (χ1n) is 11.8. The third-order valence-corrected chi connectivity index (χ3v) is 7.27. The molecule has 0 radical (unpaired) electrons. The van der Waals surface area contributed by atoms with E-state index in [0.717, 1.165) is 32.8 Å². The van der Waals surface area contributed by atoms with Crippen LogP contribution in [-0.2, 0) is 4.79 Å². The van der Waals surface area contributed by atoms with Gasteiger partial charge in [-0.05, 0) is 79.3 Å². The number of anilines is 1. The van der Waals surface area contributed by atoms with Crippen LogP contribution in [0.25, 0.3) is 5.69 Å². The molecule has 1 fully saturated rings. The summed E-state index contributed by atoms with van der Waals surface area (Å²) in [4.78, 5) is 19.6. The highest BCUT2D eigenvalue weighted by Gasteiger charge is 2.41. The smallest absolute Gasteiger partial charge is 0.226 e. The zero-order valence-electron chi connectivity index (χ0n) is 19.8. The molecule has 1 aliphatic heterocycles. The first-order chi connectivity index (χ1) is 17.5. The fourth-order valence-electron chi connectivity index (χ4n) is 4.59. The lowest BCUT2D eigenvalue weighted by Crippen LogP contribution is -2.33. The molecule has 4 aromatic rings. The molecule has 182 valence electrons. The van der Waals surface area contributed by atoms with Crippen molar-refractivity contribution < 1.29 is 4.79 Å². The SMILES string of the molecule is Cc1ccccc1NC(=O)CCN1C(=S)N[C@H](c2ccccn2)[C@H]1c1cccn1-c1ccc(Br)cc1. The van der Waals surface area contributed by atoms with Gasteiger partial charge in [0.05, 0.1) is 17.8 Å². The van der Waals surface area contributed by atoms with Crippen molar-refractivity contribution in [2.45, 2.75) is 25.4 Å². The molecule has 0 bridgehead atoms. The number of amides is 1. The lowest BCUT2D eigenvalue weighted by atomic mass is 10.0. The molecular weight excluding hydrogens is 534 g/mol. The average Bonchev–Trinajstić information content (AvgIpc) is 3.49. The van der Waals surface area contributed by atoms with Crippen molar-refractivity contribution in [3.8, 4) is 5.69 Å². The summed E-state index contributed by atoms with van der Waals surface area (Å²) in [6.45, 7) is 2.46. The fraction of sp³-hybridized carbons (Fsp3) is 0.179. The van der Waals surface area contributed by atoms with Gasteiger partial charge in [-0.25, -0.2) is 0 Å². The van der Waals surface area contributed by atoms with Crippen LogP contribution >= 0.6 is 28.1 Å². The standard InChI is InChI=1S/C28H26BrN5OS/c1-19-7-2-3-8-22(19)31-25(35)15-18-34-27(26(32-28(34)36)23-9-4-5-16-30-23)24-10-6-17-33(24)21-13-11-20(29)12-14-21/h2-14,16-17,26-27H,15,18H2,1H3,(H,31,35)(H,32,36)/t26-,27-/m1/s1. The van der Waals surface area contributed by atoms with E-state index in [4.69, 9.17) is 12.2 Å². The number of halogens is 1. The molecular formula is C28H26BrN5OS. The Labute approximate surface area is 224 Å². The van der Waals surface area contributed by atoms with Crippen molar-refractivity contribution >= 4 is 44.9 Å². The molecule has 2 N–H and O–H groups in total. The van der Waals surface area contributed by atoms with Gasteiger partial charge in [0.2, 0.25) is 5.91 Å². The van der Waals surface area contributed by atoms with Crippen molar-refractivity contribution in [3.63, 3.8) is 0 Å². The summed E-state index contributed by atoms with van der Waals surface area (Å²) in [6.07, 6.45) is 4.16. The number of hydrogen-bond acceptors (Lipinski definition) is 3. The Morgan fingerprint density at radius 1 is 1.06 bits per heavy atom. The predicted molar refractivity (Wildman–Crippen MR) is 150 cm³/mol. The molecule has 3 heterocycles. The van der Waals surface area contributed by atoms with E-state index >= 15 is 0 Å². The van der Waals surface area contributed by atoms with Crippen molar-refractivity contribution in [1.82, 2.24) is 19.8 Å². The Balaban J connectivity index is 1.44. The summed E-state index contributed by atoms with van der Waals surface area (Å²) in [6, 6.07) is 25.7. The third-order valence-electron chi connectivity index (χ3n) is 6.38. The molecule has 0 aliphatic carbocycles. The molecule has 1 saturated heterocycles. The Morgan fingerprint density at radius 3 is 2.58 bits per heavy atom. The minimum atomic E-state index is -0.151. The second-order valence-corrected chi connectivity index (χ2v) is 10.0. The Hall–Kier alpha value is -3.49. The topological polar surface area (TPSA) is 62.2 Å². The van der Waals surface area contributed by atoms with Gasteiger partial charge in [0.15, 0.2) is 5.11 Å². The summed E-state index contributed by atoms with van der Waals surface area (Å²) in [5.41, 5.74) is 4.88. The monoisotopic (exact) mass is 559 g/mol. The first-order valence-corrected chi connectivity index (χ1v) is 13.0. The van der Waals surface area contributed by atoms with E-state index in [1.165, 1.54) is 0 Å². The van der Waals surface area contributed by atoms with Gasteiger partial charge in [-0.3, -0.25) is 9.78 Å². The van der Waals surface area contributed by atoms with Crippen LogP contribution in [0.15, 0.2) is 95.7 Å². The van der Waals surface area contributed by atoms with Gasteiger partial charge in [-0.15, -0.1) is 0 Å². The van der Waals surface area contributed by atoms with E-state index in [2.05, 4.69) is 65.4 Å². The number of hydrogen-bond donors (Lipinski definition) is 2. The summed E-state index contributed by atoms with van der Waals surface area (Å²) in [5, 5.41) is 7.12. The largest absolute Gasteiger partial charge is 0.352 e. The molecule has 36 heavy (non-hydrogen) atoms. The first kappa shape index (κ1) is 24.2. The lowest BCUT2D eigenvalue weighted by Gasteiger charge is -2.29. The molecule has 8 heteroatoms.